The molecule has 1 rings (SSSR count). The number of carbonyl (C=O) groups is 1. The van der Waals surface area contributed by atoms with E-state index in [9.17, 15) is 13.2 Å². The highest BCUT2D eigenvalue weighted by molar-refractivity contribution is 7.93. The lowest BCUT2D eigenvalue weighted by Crippen LogP contribution is -2.30. The Kier molecular flexibility index (Phi) is 1.74. The van der Waals surface area contributed by atoms with Crippen LogP contribution in [0.5, 0.6) is 0 Å². The Labute approximate surface area is 66.9 Å². The molecule has 0 spiro atoms. The summed E-state index contributed by atoms with van der Waals surface area (Å²) in [6.45, 7) is 2.95. The van der Waals surface area contributed by atoms with Gasteiger partial charge in [-0.05, 0) is 13.8 Å². The normalized spacial score (nSPS) is 36.2. The van der Waals surface area contributed by atoms with Crippen molar-refractivity contribution < 1.29 is 13.2 Å². The molecule has 1 fully saturated rings. The second kappa shape index (κ2) is 2.23. The van der Waals surface area contributed by atoms with Crippen LogP contribution in [0.3, 0.4) is 0 Å². The molecule has 6 heteroatoms. The van der Waals surface area contributed by atoms with Gasteiger partial charge in [0.2, 0.25) is 13.9 Å². The molecule has 11 heavy (non-hydrogen) atoms. The van der Waals surface area contributed by atoms with Crippen molar-refractivity contribution in [3.05, 3.63) is 0 Å². The van der Waals surface area contributed by atoms with Crippen molar-refractivity contribution in [1.29, 1.82) is 0 Å². The average molecular weight is 175 g/mol. The summed E-state index contributed by atoms with van der Waals surface area (Å²) in [5.41, 5.74) is 0. The zero-order valence-electron chi connectivity index (χ0n) is 6.73. The van der Waals surface area contributed by atoms with Crippen LogP contribution in [0.2, 0.25) is 0 Å². The molecule has 0 radical (unpaired) electrons. The van der Waals surface area contributed by atoms with Crippen molar-refractivity contribution in [2.45, 2.75) is 24.5 Å². The standard InChI is InChI=1S/C5H10BNO3S/c1-3-5(8)7(6)4(2)11(3,9)10/h3-4H,6H2,1-2H3. The summed E-state index contributed by atoms with van der Waals surface area (Å²) in [5.74, 6) is -0.308. The predicted octanol–water partition coefficient (Wildman–Crippen LogP) is -1.47. The summed E-state index contributed by atoms with van der Waals surface area (Å²) in [6.07, 6.45) is 0. The predicted molar refractivity (Wildman–Crippen MR) is 43.2 cm³/mol. The fourth-order valence-corrected chi connectivity index (χ4v) is 2.71. The number of rotatable bonds is 0. The highest BCUT2D eigenvalue weighted by Crippen LogP contribution is 2.21. The molecule has 0 aliphatic carbocycles. The van der Waals surface area contributed by atoms with Crippen LogP contribution < -0.4 is 0 Å². The van der Waals surface area contributed by atoms with Crippen molar-refractivity contribution in [2.24, 2.45) is 0 Å². The molecule has 1 amide bonds. The molecule has 0 aromatic carbocycles. The molecule has 0 bridgehead atoms. The molecule has 0 aromatic rings. The van der Waals surface area contributed by atoms with Gasteiger partial charge in [-0.1, -0.05) is 0 Å². The Morgan fingerprint density at radius 3 is 2.00 bits per heavy atom. The number of carbonyl (C=O) groups excluding carboxylic acids is 1. The molecule has 0 saturated carbocycles. The minimum absolute atomic E-state index is 0.308. The van der Waals surface area contributed by atoms with Gasteiger partial charge in [0, 0.05) is 0 Å². The van der Waals surface area contributed by atoms with Crippen LogP contribution in [0.4, 0.5) is 0 Å². The summed E-state index contributed by atoms with van der Waals surface area (Å²) in [7, 11) is -1.72. The molecule has 1 aliphatic heterocycles. The number of sulfone groups is 1. The van der Waals surface area contributed by atoms with Gasteiger partial charge in [-0.2, -0.15) is 0 Å². The second-order valence-electron chi connectivity index (χ2n) is 2.78. The van der Waals surface area contributed by atoms with Crippen LogP contribution >= 0.6 is 0 Å². The number of hydrogen-bond donors (Lipinski definition) is 0. The minimum atomic E-state index is -3.23. The van der Waals surface area contributed by atoms with Crippen LogP contribution in [0, 0.1) is 0 Å². The molecule has 2 atom stereocenters. The molecule has 1 heterocycles. The van der Waals surface area contributed by atoms with Gasteiger partial charge < -0.3 is 4.81 Å². The van der Waals surface area contributed by atoms with Crippen LogP contribution in [0.25, 0.3) is 0 Å². The molecule has 4 nitrogen and oxygen atoms in total. The Hall–Kier alpha value is -0.515. The van der Waals surface area contributed by atoms with Gasteiger partial charge in [0.25, 0.3) is 0 Å². The van der Waals surface area contributed by atoms with Gasteiger partial charge in [0.05, 0.1) is 0 Å². The SMILES string of the molecule is BN1C(=O)C(C)S(=O)(=O)C1C. The fourth-order valence-electron chi connectivity index (χ4n) is 1.12. The average Bonchev–Trinajstić information content (AvgIpc) is 2.06. The summed E-state index contributed by atoms with van der Waals surface area (Å²) in [4.78, 5) is 12.3. The quantitative estimate of drug-likeness (QED) is 0.422. The Morgan fingerprint density at radius 1 is 1.45 bits per heavy atom. The first kappa shape index (κ1) is 8.58. The lowest BCUT2D eigenvalue weighted by Gasteiger charge is -2.12. The molecule has 1 aliphatic rings. The largest absolute Gasteiger partial charge is 0.378 e. The monoisotopic (exact) mass is 175 g/mol. The molecule has 62 valence electrons. The summed E-state index contributed by atoms with van der Waals surface area (Å²) < 4.78 is 22.5. The van der Waals surface area contributed by atoms with E-state index < -0.39 is 20.5 Å². The highest BCUT2D eigenvalue weighted by atomic mass is 32.2. The summed E-state index contributed by atoms with van der Waals surface area (Å²) in [5, 5.41) is -1.52. The Balaban J connectivity index is 3.17. The van der Waals surface area contributed by atoms with E-state index in [1.165, 1.54) is 26.6 Å². The third-order valence-corrected chi connectivity index (χ3v) is 4.66. The first-order valence-corrected chi connectivity index (χ1v) is 4.99. The van der Waals surface area contributed by atoms with E-state index >= 15 is 0 Å². The zero-order valence-corrected chi connectivity index (χ0v) is 7.55. The van der Waals surface area contributed by atoms with Crippen molar-refractivity contribution in [3.8, 4) is 0 Å². The molecule has 0 N–H and O–H groups in total. The molecular weight excluding hydrogens is 165 g/mol. The molecule has 1 saturated heterocycles. The minimum Gasteiger partial charge on any atom is -0.378 e. The lowest BCUT2D eigenvalue weighted by molar-refractivity contribution is -0.125. The van der Waals surface area contributed by atoms with Crippen LogP contribution in [0.15, 0.2) is 0 Å². The van der Waals surface area contributed by atoms with Gasteiger partial charge in [0.15, 0.2) is 9.84 Å². The number of amides is 1. The van der Waals surface area contributed by atoms with E-state index in [2.05, 4.69) is 0 Å². The van der Waals surface area contributed by atoms with Crippen molar-refractivity contribution in [3.63, 3.8) is 0 Å². The maximum Gasteiger partial charge on any atom is 0.229 e. The smallest absolute Gasteiger partial charge is 0.229 e. The fraction of sp³-hybridized carbons (Fsp3) is 0.800. The van der Waals surface area contributed by atoms with Crippen molar-refractivity contribution in [2.75, 3.05) is 0 Å². The van der Waals surface area contributed by atoms with Crippen LogP contribution in [-0.4, -0.2) is 37.7 Å². The number of nitrogens with zero attached hydrogens (tertiary/aromatic N) is 1. The Morgan fingerprint density at radius 2 is 1.91 bits per heavy atom. The maximum absolute atomic E-state index is 11.3. The van der Waals surface area contributed by atoms with Crippen LogP contribution in [-0.2, 0) is 14.6 Å². The van der Waals surface area contributed by atoms with Gasteiger partial charge in [-0.3, -0.25) is 4.79 Å². The first-order chi connectivity index (χ1) is 4.89. The molecule has 0 aromatic heterocycles. The van der Waals surface area contributed by atoms with Gasteiger partial charge >= 0.3 is 0 Å². The third kappa shape index (κ3) is 0.963. The molecular formula is C5H10BNO3S. The number of hydrogen-bond acceptors (Lipinski definition) is 3. The van der Waals surface area contributed by atoms with Gasteiger partial charge in [-0.15, -0.1) is 0 Å². The zero-order chi connectivity index (χ0) is 8.81. The van der Waals surface area contributed by atoms with Crippen LogP contribution in [0.1, 0.15) is 13.8 Å². The second-order valence-corrected chi connectivity index (χ2v) is 5.35. The van der Waals surface area contributed by atoms with Crippen molar-refractivity contribution in [1.82, 2.24) is 4.81 Å². The highest BCUT2D eigenvalue weighted by Gasteiger charge is 2.44. The van der Waals surface area contributed by atoms with Gasteiger partial charge in [-0.25, -0.2) is 8.42 Å². The van der Waals surface area contributed by atoms with Gasteiger partial charge in [0.1, 0.15) is 10.6 Å². The topological polar surface area (TPSA) is 54.5 Å². The maximum atomic E-state index is 11.3. The van der Waals surface area contributed by atoms with Crippen molar-refractivity contribution >= 4 is 23.7 Å². The molecule has 2 unspecified atom stereocenters. The van der Waals surface area contributed by atoms with E-state index in [0.29, 0.717) is 0 Å². The van der Waals surface area contributed by atoms with E-state index in [0.717, 1.165) is 0 Å². The van der Waals surface area contributed by atoms with E-state index in [1.807, 2.05) is 0 Å². The van der Waals surface area contributed by atoms with E-state index in [1.54, 1.807) is 0 Å². The third-order valence-electron chi connectivity index (χ3n) is 2.21. The van der Waals surface area contributed by atoms with E-state index in [-0.39, 0.29) is 5.91 Å². The lowest BCUT2D eigenvalue weighted by atomic mass is 10.2. The van der Waals surface area contributed by atoms with E-state index in [4.69, 9.17) is 0 Å². The summed E-state index contributed by atoms with van der Waals surface area (Å²) >= 11 is 0. The Bertz CT molecular complexity index is 286. The summed E-state index contributed by atoms with van der Waals surface area (Å²) in [6, 6.07) is 0. The first-order valence-electron chi connectivity index (χ1n) is 3.38.